The summed E-state index contributed by atoms with van der Waals surface area (Å²) in [6, 6.07) is 0.326. The van der Waals surface area contributed by atoms with Crippen molar-refractivity contribution in [1.82, 2.24) is 14.9 Å². The maximum atomic E-state index is 5.35. The first-order chi connectivity index (χ1) is 8.33. The minimum absolute atomic E-state index is 0.326. The maximum absolute atomic E-state index is 5.35. The van der Waals surface area contributed by atoms with Gasteiger partial charge in [0.05, 0.1) is 10.6 Å². The predicted molar refractivity (Wildman–Crippen MR) is 73.0 cm³/mol. The van der Waals surface area contributed by atoms with Crippen LogP contribution in [0.4, 0.5) is 0 Å². The van der Waals surface area contributed by atoms with Crippen molar-refractivity contribution in [3.63, 3.8) is 0 Å². The molecular weight excluding hydrogens is 230 g/mol. The van der Waals surface area contributed by atoms with Gasteiger partial charge in [-0.2, -0.15) is 0 Å². The van der Waals surface area contributed by atoms with Crippen LogP contribution in [0.25, 0.3) is 0 Å². The zero-order valence-electron chi connectivity index (χ0n) is 10.7. The van der Waals surface area contributed by atoms with Gasteiger partial charge in [0.15, 0.2) is 0 Å². The Hall–Kier alpha value is -0.920. The fourth-order valence-electron chi connectivity index (χ4n) is 1.76. The summed E-state index contributed by atoms with van der Waals surface area (Å²) in [5.74, 6) is 2.71. The third kappa shape index (κ3) is 4.45. The number of hydrogen-bond donors (Lipinski definition) is 1. The molecule has 1 atom stereocenters. The molecule has 0 spiro atoms. The third-order valence-corrected chi connectivity index (χ3v) is 3.49. The minimum atomic E-state index is 0.326. The lowest BCUT2D eigenvalue weighted by Gasteiger charge is -2.16. The van der Waals surface area contributed by atoms with Crippen molar-refractivity contribution in [1.29, 1.82) is 0 Å². The van der Waals surface area contributed by atoms with Crippen molar-refractivity contribution < 1.29 is 0 Å². The summed E-state index contributed by atoms with van der Waals surface area (Å²) in [5, 5.41) is 7.76. The van der Waals surface area contributed by atoms with Crippen molar-refractivity contribution in [3.8, 4) is 12.3 Å². The zero-order valence-corrected chi connectivity index (χ0v) is 11.5. The van der Waals surface area contributed by atoms with E-state index in [0.717, 1.165) is 44.3 Å². The van der Waals surface area contributed by atoms with Crippen molar-refractivity contribution in [2.45, 2.75) is 52.0 Å². The fraction of sp³-hybridized carbons (Fsp3) is 0.692. The van der Waals surface area contributed by atoms with Gasteiger partial charge in [0.2, 0.25) is 0 Å². The highest BCUT2D eigenvalue weighted by Gasteiger charge is 2.17. The number of terminal acetylenes is 1. The molecule has 0 aliphatic carbocycles. The molecule has 1 aromatic rings. The molecule has 3 nitrogen and oxygen atoms in total. The van der Waals surface area contributed by atoms with Crippen LogP contribution in [-0.4, -0.2) is 16.1 Å². The first-order valence-corrected chi connectivity index (χ1v) is 7.08. The topological polar surface area (TPSA) is 37.8 Å². The van der Waals surface area contributed by atoms with E-state index in [1.807, 2.05) is 0 Å². The average Bonchev–Trinajstić information content (AvgIpc) is 2.78. The van der Waals surface area contributed by atoms with Crippen LogP contribution in [0, 0.1) is 12.3 Å². The Kier molecular flexibility index (Phi) is 6.83. The van der Waals surface area contributed by atoms with E-state index < -0.39 is 0 Å². The summed E-state index contributed by atoms with van der Waals surface area (Å²) < 4.78 is 4.08. The van der Waals surface area contributed by atoms with Crippen LogP contribution in [0.2, 0.25) is 0 Å². The SMILES string of the molecule is C#CCCC(NCCC)c1snnc1CCC. The molecule has 0 aromatic carbocycles. The molecule has 0 saturated carbocycles. The van der Waals surface area contributed by atoms with Gasteiger partial charge in [-0.25, -0.2) is 0 Å². The van der Waals surface area contributed by atoms with Crippen LogP contribution in [0.1, 0.15) is 56.1 Å². The highest BCUT2D eigenvalue weighted by molar-refractivity contribution is 7.05. The summed E-state index contributed by atoms with van der Waals surface area (Å²) in [5.41, 5.74) is 1.14. The van der Waals surface area contributed by atoms with Gasteiger partial charge in [0.1, 0.15) is 0 Å². The van der Waals surface area contributed by atoms with E-state index in [2.05, 4.69) is 34.7 Å². The normalized spacial score (nSPS) is 12.3. The lowest BCUT2D eigenvalue weighted by molar-refractivity contribution is 0.508. The molecule has 0 bridgehead atoms. The van der Waals surface area contributed by atoms with Gasteiger partial charge in [0.25, 0.3) is 0 Å². The molecule has 94 valence electrons. The van der Waals surface area contributed by atoms with Crippen LogP contribution in [0.5, 0.6) is 0 Å². The highest BCUT2D eigenvalue weighted by Crippen LogP contribution is 2.25. The monoisotopic (exact) mass is 251 g/mol. The molecule has 1 aromatic heterocycles. The fourth-order valence-corrected chi connectivity index (χ4v) is 2.57. The lowest BCUT2D eigenvalue weighted by atomic mass is 10.1. The van der Waals surface area contributed by atoms with Crippen LogP contribution < -0.4 is 5.32 Å². The second kappa shape index (κ2) is 8.21. The van der Waals surface area contributed by atoms with Gasteiger partial charge in [-0.05, 0) is 37.3 Å². The summed E-state index contributed by atoms with van der Waals surface area (Å²) in [6.07, 6.45) is 10.4. The van der Waals surface area contributed by atoms with E-state index in [-0.39, 0.29) is 0 Å². The highest BCUT2D eigenvalue weighted by atomic mass is 32.1. The molecule has 0 aliphatic heterocycles. The van der Waals surface area contributed by atoms with Gasteiger partial charge in [0, 0.05) is 12.5 Å². The predicted octanol–water partition coefficient (Wildman–Crippen LogP) is 2.94. The summed E-state index contributed by atoms with van der Waals surface area (Å²) in [6.45, 7) is 5.35. The second-order valence-corrected chi connectivity index (χ2v) is 4.87. The van der Waals surface area contributed by atoms with Crippen LogP contribution in [0.15, 0.2) is 0 Å². The molecule has 0 saturated heterocycles. The average molecular weight is 251 g/mol. The largest absolute Gasteiger partial charge is 0.309 e. The van der Waals surface area contributed by atoms with Crippen molar-refractivity contribution in [2.24, 2.45) is 0 Å². The minimum Gasteiger partial charge on any atom is -0.309 e. The molecule has 0 radical (unpaired) electrons. The number of nitrogens with one attached hydrogen (secondary N) is 1. The van der Waals surface area contributed by atoms with Crippen molar-refractivity contribution in [3.05, 3.63) is 10.6 Å². The van der Waals surface area contributed by atoms with Crippen LogP contribution in [-0.2, 0) is 6.42 Å². The number of aryl methyl sites for hydroxylation is 1. The Bertz CT molecular complexity index is 354. The van der Waals surface area contributed by atoms with Crippen molar-refractivity contribution >= 4 is 11.5 Å². The summed E-state index contributed by atoms with van der Waals surface area (Å²) in [7, 11) is 0. The van der Waals surface area contributed by atoms with E-state index in [4.69, 9.17) is 6.42 Å². The third-order valence-electron chi connectivity index (χ3n) is 2.61. The molecule has 0 amide bonds. The number of rotatable bonds is 8. The quantitative estimate of drug-likeness (QED) is 0.722. The molecular formula is C13H21N3S. The van der Waals surface area contributed by atoms with E-state index in [0.29, 0.717) is 6.04 Å². The van der Waals surface area contributed by atoms with E-state index in [1.54, 1.807) is 0 Å². The Morgan fingerprint density at radius 1 is 1.41 bits per heavy atom. The molecule has 1 rings (SSSR count). The van der Waals surface area contributed by atoms with Gasteiger partial charge < -0.3 is 5.32 Å². The molecule has 1 heterocycles. The van der Waals surface area contributed by atoms with E-state index in [9.17, 15) is 0 Å². The molecule has 1 unspecified atom stereocenters. The Balaban J connectivity index is 2.72. The molecule has 0 aliphatic rings. The lowest BCUT2D eigenvalue weighted by Crippen LogP contribution is -2.22. The zero-order chi connectivity index (χ0) is 12.5. The molecule has 17 heavy (non-hydrogen) atoms. The molecule has 0 fully saturated rings. The van der Waals surface area contributed by atoms with Crippen LogP contribution in [0.3, 0.4) is 0 Å². The molecule has 4 heteroatoms. The summed E-state index contributed by atoms with van der Waals surface area (Å²) >= 11 is 1.51. The first-order valence-electron chi connectivity index (χ1n) is 6.31. The Morgan fingerprint density at radius 3 is 2.88 bits per heavy atom. The number of hydrogen-bond acceptors (Lipinski definition) is 4. The van der Waals surface area contributed by atoms with E-state index in [1.165, 1.54) is 16.4 Å². The van der Waals surface area contributed by atoms with Gasteiger partial charge in [-0.3, -0.25) is 0 Å². The Labute approximate surface area is 108 Å². The smallest absolute Gasteiger partial charge is 0.0803 e. The standard InChI is InChI=1S/C13H21N3S/c1-4-7-9-11(14-10-6-3)13-12(8-5-2)15-16-17-13/h1,11,14H,5-10H2,2-3H3. The van der Waals surface area contributed by atoms with Gasteiger partial charge in [-0.1, -0.05) is 24.8 Å². The molecule has 1 N–H and O–H groups in total. The van der Waals surface area contributed by atoms with Crippen molar-refractivity contribution in [2.75, 3.05) is 6.54 Å². The number of nitrogens with zero attached hydrogens (tertiary/aromatic N) is 2. The van der Waals surface area contributed by atoms with E-state index >= 15 is 0 Å². The maximum Gasteiger partial charge on any atom is 0.0803 e. The number of aromatic nitrogens is 2. The Morgan fingerprint density at radius 2 is 2.24 bits per heavy atom. The first kappa shape index (κ1) is 14.1. The summed E-state index contributed by atoms with van der Waals surface area (Å²) in [4.78, 5) is 1.27. The van der Waals surface area contributed by atoms with Crippen LogP contribution >= 0.6 is 11.5 Å². The second-order valence-electron chi connectivity index (χ2n) is 4.08. The van der Waals surface area contributed by atoms with Gasteiger partial charge >= 0.3 is 0 Å². The van der Waals surface area contributed by atoms with Gasteiger partial charge in [-0.15, -0.1) is 17.4 Å².